The number of nitrogens with one attached hydrogen (secondary N) is 1. The number of urea groups is 1. The lowest BCUT2D eigenvalue weighted by atomic mass is 9.80. The fraction of sp³-hybridized carbons (Fsp3) is 0.875. The molecule has 0 aromatic rings. The molecule has 5 nitrogen and oxygen atoms in total. The minimum atomic E-state index is -4.20. The Morgan fingerprint density at radius 1 is 1.08 bits per heavy atom. The number of carbonyl (C=O) groups excluding carboxylic acids is 2. The smallest absolute Gasteiger partial charge is 0.342 e. The molecule has 0 aromatic carbocycles. The van der Waals surface area contributed by atoms with Crippen molar-refractivity contribution in [3.8, 4) is 0 Å². The van der Waals surface area contributed by atoms with E-state index >= 15 is 0 Å². The minimum Gasteiger partial charge on any atom is -0.342 e. The maximum atomic E-state index is 12.9. The summed E-state index contributed by atoms with van der Waals surface area (Å²) in [5.74, 6) is -1.98. The molecule has 3 fully saturated rings. The molecule has 2 unspecified atom stereocenters. The Labute approximate surface area is 139 Å². The van der Waals surface area contributed by atoms with E-state index in [1.54, 1.807) is 4.90 Å². The Bertz CT molecular complexity index is 489. The molecule has 136 valence electrons. The first-order chi connectivity index (χ1) is 11.4. The van der Waals surface area contributed by atoms with Crippen LogP contribution in [0.1, 0.15) is 38.5 Å². The molecule has 0 radical (unpaired) electrons. The highest BCUT2D eigenvalue weighted by molar-refractivity contribution is 5.79. The summed E-state index contributed by atoms with van der Waals surface area (Å²) in [7, 11) is 0. The number of amides is 3. The average Bonchev–Trinajstić information content (AvgIpc) is 3.00. The summed E-state index contributed by atoms with van der Waals surface area (Å²) in [6, 6.07) is 0.0749. The third kappa shape index (κ3) is 3.62. The molecule has 0 aromatic heterocycles. The number of rotatable bonds is 2. The van der Waals surface area contributed by atoms with Crippen molar-refractivity contribution in [1.82, 2.24) is 15.1 Å². The van der Waals surface area contributed by atoms with Crippen molar-refractivity contribution in [3.05, 3.63) is 0 Å². The van der Waals surface area contributed by atoms with Gasteiger partial charge in [0.2, 0.25) is 5.91 Å². The number of piperidine rings is 1. The zero-order valence-electron chi connectivity index (χ0n) is 13.6. The maximum absolute atomic E-state index is 12.9. The zero-order valence-corrected chi connectivity index (χ0v) is 13.6. The van der Waals surface area contributed by atoms with Crippen LogP contribution in [0.3, 0.4) is 0 Å². The number of nitrogens with zero attached hydrogens (tertiary/aromatic N) is 2. The summed E-state index contributed by atoms with van der Waals surface area (Å²) >= 11 is 0. The Morgan fingerprint density at radius 3 is 2.38 bits per heavy atom. The van der Waals surface area contributed by atoms with Crippen LogP contribution in [0.4, 0.5) is 18.0 Å². The summed E-state index contributed by atoms with van der Waals surface area (Å²) in [5, 5.41) is 2.77. The van der Waals surface area contributed by atoms with Gasteiger partial charge in [0.1, 0.15) is 0 Å². The SMILES string of the molecule is O=C(C1CCCC(C(F)(F)F)C1)N1CCC(N2CCNC2=O)CC1. The van der Waals surface area contributed by atoms with Gasteiger partial charge in [-0.2, -0.15) is 13.2 Å². The van der Waals surface area contributed by atoms with Crippen molar-refractivity contribution >= 4 is 11.9 Å². The predicted molar refractivity (Wildman–Crippen MR) is 81.2 cm³/mol. The van der Waals surface area contributed by atoms with Crippen LogP contribution in [0.2, 0.25) is 0 Å². The number of halogens is 3. The lowest BCUT2D eigenvalue weighted by Gasteiger charge is -2.39. The van der Waals surface area contributed by atoms with E-state index in [0.29, 0.717) is 51.9 Å². The Morgan fingerprint density at radius 2 is 1.79 bits per heavy atom. The van der Waals surface area contributed by atoms with E-state index in [1.165, 1.54) is 0 Å². The third-order valence-corrected chi connectivity index (χ3v) is 5.59. The van der Waals surface area contributed by atoms with Crippen LogP contribution in [-0.4, -0.2) is 60.1 Å². The Hall–Kier alpha value is -1.47. The van der Waals surface area contributed by atoms with Gasteiger partial charge in [0.25, 0.3) is 0 Å². The third-order valence-electron chi connectivity index (χ3n) is 5.59. The van der Waals surface area contributed by atoms with Gasteiger partial charge in [-0.3, -0.25) is 4.79 Å². The second-order valence-electron chi connectivity index (χ2n) is 7.08. The quantitative estimate of drug-likeness (QED) is 0.834. The van der Waals surface area contributed by atoms with Crippen molar-refractivity contribution in [2.24, 2.45) is 11.8 Å². The van der Waals surface area contributed by atoms with Gasteiger partial charge < -0.3 is 15.1 Å². The summed E-state index contributed by atoms with van der Waals surface area (Å²) in [6.45, 7) is 2.40. The highest BCUT2D eigenvalue weighted by Gasteiger charge is 2.44. The van der Waals surface area contributed by atoms with Gasteiger partial charge in [0, 0.05) is 38.1 Å². The van der Waals surface area contributed by atoms with E-state index in [1.807, 2.05) is 4.90 Å². The molecular weight excluding hydrogens is 323 g/mol. The molecule has 1 aliphatic carbocycles. The normalized spacial score (nSPS) is 29.7. The first kappa shape index (κ1) is 17.4. The van der Waals surface area contributed by atoms with Gasteiger partial charge in [-0.1, -0.05) is 6.42 Å². The number of carbonyl (C=O) groups is 2. The number of alkyl halides is 3. The standard InChI is InChI=1S/C16H24F3N3O2/c17-16(18,19)12-3-1-2-11(10-12)14(23)21-7-4-13(5-8-21)22-9-6-20-15(22)24/h11-13H,1-10H2,(H,20,24). The number of hydrogen-bond acceptors (Lipinski definition) is 2. The van der Waals surface area contributed by atoms with E-state index in [-0.39, 0.29) is 30.8 Å². The maximum Gasteiger partial charge on any atom is 0.391 e. The van der Waals surface area contributed by atoms with Gasteiger partial charge in [-0.25, -0.2) is 4.79 Å². The lowest BCUT2D eigenvalue weighted by molar-refractivity contribution is -0.187. The zero-order chi connectivity index (χ0) is 17.3. The number of likely N-dealkylation sites (tertiary alicyclic amines) is 1. The molecule has 3 aliphatic rings. The van der Waals surface area contributed by atoms with Crippen LogP contribution < -0.4 is 5.32 Å². The van der Waals surface area contributed by atoms with Crippen LogP contribution in [0.15, 0.2) is 0 Å². The van der Waals surface area contributed by atoms with Crippen LogP contribution in [0.25, 0.3) is 0 Å². The van der Waals surface area contributed by atoms with E-state index < -0.39 is 18.0 Å². The largest absolute Gasteiger partial charge is 0.391 e. The topological polar surface area (TPSA) is 52.7 Å². The van der Waals surface area contributed by atoms with Gasteiger partial charge >= 0.3 is 12.2 Å². The van der Waals surface area contributed by atoms with E-state index in [4.69, 9.17) is 0 Å². The Balaban J connectivity index is 1.52. The predicted octanol–water partition coefficient (Wildman–Crippen LogP) is 2.37. The van der Waals surface area contributed by atoms with Gasteiger partial charge in [0.05, 0.1) is 5.92 Å². The van der Waals surface area contributed by atoms with Crippen LogP contribution in [0.5, 0.6) is 0 Å². The monoisotopic (exact) mass is 347 g/mol. The minimum absolute atomic E-state index is 0.0555. The molecule has 2 heterocycles. The van der Waals surface area contributed by atoms with E-state index in [9.17, 15) is 22.8 Å². The van der Waals surface area contributed by atoms with Crippen molar-refractivity contribution in [2.45, 2.75) is 50.7 Å². The first-order valence-electron chi connectivity index (χ1n) is 8.76. The summed E-state index contributed by atoms with van der Waals surface area (Å²) in [6.07, 6.45) is -1.71. The summed E-state index contributed by atoms with van der Waals surface area (Å²) < 4.78 is 38.7. The van der Waals surface area contributed by atoms with E-state index in [0.717, 1.165) is 0 Å². The lowest BCUT2D eigenvalue weighted by Crippen LogP contribution is -2.49. The van der Waals surface area contributed by atoms with E-state index in [2.05, 4.69) is 5.32 Å². The molecule has 24 heavy (non-hydrogen) atoms. The van der Waals surface area contributed by atoms with Crippen molar-refractivity contribution in [2.75, 3.05) is 26.2 Å². The second-order valence-corrected chi connectivity index (χ2v) is 7.08. The molecule has 0 bridgehead atoms. The molecule has 3 rings (SSSR count). The van der Waals surface area contributed by atoms with Crippen molar-refractivity contribution < 1.29 is 22.8 Å². The fourth-order valence-electron chi connectivity index (χ4n) is 4.20. The second kappa shape index (κ2) is 6.80. The van der Waals surface area contributed by atoms with Crippen molar-refractivity contribution in [1.29, 1.82) is 0 Å². The molecular formula is C16H24F3N3O2. The van der Waals surface area contributed by atoms with Crippen LogP contribution in [0, 0.1) is 11.8 Å². The summed E-state index contributed by atoms with van der Waals surface area (Å²) in [4.78, 5) is 27.8. The molecule has 1 N–H and O–H groups in total. The first-order valence-corrected chi connectivity index (χ1v) is 8.76. The molecule has 2 aliphatic heterocycles. The molecule has 2 saturated heterocycles. The average molecular weight is 347 g/mol. The molecule has 3 amide bonds. The molecule has 0 spiro atoms. The molecule has 1 saturated carbocycles. The van der Waals surface area contributed by atoms with Gasteiger partial charge in [-0.05, 0) is 32.1 Å². The molecule has 2 atom stereocenters. The fourth-order valence-corrected chi connectivity index (χ4v) is 4.20. The van der Waals surface area contributed by atoms with Gasteiger partial charge in [-0.15, -0.1) is 0 Å². The van der Waals surface area contributed by atoms with Crippen LogP contribution in [-0.2, 0) is 4.79 Å². The van der Waals surface area contributed by atoms with Crippen LogP contribution >= 0.6 is 0 Å². The summed E-state index contributed by atoms with van der Waals surface area (Å²) in [5.41, 5.74) is 0. The Kier molecular flexibility index (Phi) is 4.92. The molecule has 8 heteroatoms. The number of hydrogen-bond donors (Lipinski definition) is 1. The van der Waals surface area contributed by atoms with Crippen molar-refractivity contribution in [3.63, 3.8) is 0 Å². The highest BCUT2D eigenvalue weighted by Crippen LogP contribution is 2.40. The highest BCUT2D eigenvalue weighted by atomic mass is 19.4. The van der Waals surface area contributed by atoms with Gasteiger partial charge in [0.15, 0.2) is 0 Å².